The summed E-state index contributed by atoms with van der Waals surface area (Å²) < 4.78 is 15.7. The maximum absolute atomic E-state index is 13.3. The van der Waals surface area contributed by atoms with Crippen molar-refractivity contribution in [1.29, 1.82) is 0 Å². The lowest BCUT2D eigenvalue weighted by molar-refractivity contribution is 0.572. The highest BCUT2D eigenvalue weighted by Crippen LogP contribution is 2.25. The number of nitrogens with one attached hydrogen (secondary N) is 1. The summed E-state index contributed by atoms with van der Waals surface area (Å²) in [7, 11) is 1.95. The molecule has 0 bridgehead atoms. The molecule has 18 heavy (non-hydrogen) atoms. The van der Waals surface area contributed by atoms with E-state index in [0.717, 1.165) is 17.9 Å². The van der Waals surface area contributed by atoms with Gasteiger partial charge in [-0.3, -0.25) is 0 Å². The quantitative estimate of drug-likeness (QED) is 0.940. The third kappa shape index (κ3) is 2.62. The van der Waals surface area contributed by atoms with Crippen LogP contribution in [0.4, 0.5) is 4.39 Å². The molecule has 0 aliphatic heterocycles. The number of rotatable bonds is 4. The fraction of sp³-hybridized carbons (Fsp3) is 0.308. The van der Waals surface area contributed by atoms with Crippen LogP contribution in [0.25, 0.3) is 0 Å². The van der Waals surface area contributed by atoms with Gasteiger partial charge in [-0.1, -0.05) is 13.0 Å². The molecule has 3 nitrogen and oxygen atoms in total. The van der Waals surface area contributed by atoms with E-state index < -0.39 is 0 Å². The van der Waals surface area contributed by atoms with E-state index in [2.05, 4.69) is 26.2 Å². The van der Waals surface area contributed by atoms with Crippen molar-refractivity contribution in [3.8, 4) is 0 Å². The minimum absolute atomic E-state index is 0.0353. The Balaban J connectivity index is 2.41. The van der Waals surface area contributed by atoms with Crippen LogP contribution in [-0.2, 0) is 7.05 Å². The highest BCUT2D eigenvalue weighted by atomic mass is 79.9. The number of aryl methyl sites for hydroxylation is 1. The molecule has 1 unspecified atom stereocenters. The normalized spacial score (nSPS) is 12.7. The van der Waals surface area contributed by atoms with Crippen LogP contribution in [0.1, 0.15) is 24.4 Å². The number of halogens is 2. The molecule has 0 aliphatic rings. The van der Waals surface area contributed by atoms with Gasteiger partial charge < -0.3 is 9.88 Å². The molecule has 2 aromatic rings. The Kier molecular flexibility index (Phi) is 4.14. The first-order valence-corrected chi connectivity index (χ1v) is 6.58. The van der Waals surface area contributed by atoms with Gasteiger partial charge in [0.15, 0.2) is 0 Å². The average Bonchev–Trinajstić information content (AvgIpc) is 2.76. The van der Waals surface area contributed by atoms with Gasteiger partial charge in [0.1, 0.15) is 11.6 Å². The second-order valence-electron chi connectivity index (χ2n) is 4.06. The Morgan fingerprint density at radius 3 is 2.83 bits per heavy atom. The summed E-state index contributed by atoms with van der Waals surface area (Å²) in [6, 6.07) is 5.00. The zero-order valence-corrected chi connectivity index (χ0v) is 11.9. The minimum Gasteiger partial charge on any atom is -0.336 e. The van der Waals surface area contributed by atoms with Crippen molar-refractivity contribution < 1.29 is 4.39 Å². The van der Waals surface area contributed by atoms with Gasteiger partial charge in [-0.25, -0.2) is 9.37 Å². The van der Waals surface area contributed by atoms with E-state index in [1.165, 1.54) is 6.07 Å². The topological polar surface area (TPSA) is 29.9 Å². The van der Waals surface area contributed by atoms with Gasteiger partial charge in [-0.15, -0.1) is 0 Å². The largest absolute Gasteiger partial charge is 0.336 e. The number of imidazole rings is 1. The van der Waals surface area contributed by atoms with Crippen molar-refractivity contribution in [2.45, 2.75) is 13.0 Å². The van der Waals surface area contributed by atoms with Gasteiger partial charge in [0.25, 0.3) is 0 Å². The van der Waals surface area contributed by atoms with Gasteiger partial charge in [-0.2, -0.15) is 0 Å². The van der Waals surface area contributed by atoms with Crippen molar-refractivity contribution in [1.82, 2.24) is 14.9 Å². The zero-order valence-electron chi connectivity index (χ0n) is 10.3. The van der Waals surface area contributed by atoms with E-state index in [9.17, 15) is 4.39 Å². The molecule has 2 rings (SSSR count). The third-order valence-electron chi connectivity index (χ3n) is 2.80. The van der Waals surface area contributed by atoms with E-state index in [0.29, 0.717) is 4.47 Å². The first-order chi connectivity index (χ1) is 8.63. The lowest BCUT2D eigenvalue weighted by atomic mass is 10.1. The summed E-state index contributed by atoms with van der Waals surface area (Å²) in [4.78, 5) is 4.35. The smallest absolute Gasteiger partial charge is 0.137 e. The Labute approximate surface area is 114 Å². The maximum atomic E-state index is 13.3. The Morgan fingerprint density at radius 2 is 2.28 bits per heavy atom. The summed E-state index contributed by atoms with van der Waals surface area (Å²) in [6.45, 7) is 2.85. The SMILES string of the molecule is CCNC(c1ccc(F)c(Br)c1)c1nccn1C. The monoisotopic (exact) mass is 311 g/mol. The van der Waals surface area contributed by atoms with Crippen LogP contribution in [-0.4, -0.2) is 16.1 Å². The van der Waals surface area contributed by atoms with Crippen LogP contribution < -0.4 is 5.32 Å². The molecule has 0 saturated heterocycles. The molecule has 0 fully saturated rings. The predicted octanol–water partition coefficient (Wildman–Crippen LogP) is 3.02. The second-order valence-corrected chi connectivity index (χ2v) is 4.91. The molecule has 1 aromatic carbocycles. The van der Waals surface area contributed by atoms with Crippen LogP contribution in [0.2, 0.25) is 0 Å². The van der Waals surface area contributed by atoms with Gasteiger partial charge in [-0.05, 0) is 40.2 Å². The van der Waals surface area contributed by atoms with Crippen LogP contribution >= 0.6 is 15.9 Å². The van der Waals surface area contributed by atoms with Crippen LogP contribution in [0, 0.1) is 5.82 Å². The van der Waals surface area contributed by atoms with E-state index in [-0.39, 0.29) is 11.9 Å². The van der Waals surface area contributed by atoms with Crippen molar-refractivity contribution in [3.63, 3.8) is 0 Å². The van der Waals surface area contributed by atoms with Crippen molar-refractivity contribution in [2.24, 2.45) is 7.05 Å². The molecule has 0 saturated carbocycles. The summed E-state index contributed by atoms with van der Waals surface area (Å²) >= 11 is 3.22. The van der Waals surface area contributed by atoms with Crippen molar-refractivity contribution in [3.05, 3.63) is 52.3 Å². The number of nitrogens with zero attached hydrogens (tertiary/aromatic N) is 2. The Morgan fingerprint density at radius 1 is 1.50 bits per heavy atom. The average molecular weight is 312 g/mol. The van der Waals surface area contributed by atoms with Crippen molar-refractivity contribution >= 4 is 15.9 Å². The molecular weight excluding hydrogens is 297 g/mol. The molecular formula is C13H15BrFN3. The zero-order chi connectivity index (χ0) is 13.1. The molecule has 0 amide bonds. The van der Waals surface area contributed by atoms with E-state index in [1.54, 1.807) is 18.3 Å². The van der Waals surface area contributed by atoms with Gasteiger partial charge in [0.2, 0.25) is 0 Å². The number of hydrogen-bond donors (Lipinski definition) is 1. The number of benzene rings is 1. The minimum atomic E-state index is -0.256. The summed E-state index contributed by atoms with van der Waals surface area (Å²) in [5.74, 6) is 0.657. The lowest BCUT2D eigenvalue weighted by Gasteiger charge is -2.18. The number of aromatic nitrogens is 2. The molecule has 1 N–H and O–H groups in total. The molecule has 1 atom stereocenters. The Bertz CT molecular complexity index is 539. The fourth-order valence-corrected chi connectivity index (χ4v) is 2.31. The van der Waals surface area contributed by atoms with Gasteiger partial charge >= 0.3 is 0 Å². The molecule has 0 aliphatic carbocycles. The molecule has 0 radical (unpaired) electrons. The number of hydrogen-bond acceptors (Lipinski definition) is 2. The highest BCUT2D eigenvalue weighted by molar-refractivity contribution is 9.10. The fourth-order valence-electron chi connectivity index (χ4n) is 1.91. The first-order valence-electron chi connectivity index (χ1n) is 5.79. The third-order valence-corrected chi connectivity index (χ3v) is 3.41. The van der Waals surface area contributed by atoms with Crippen molar-refractivity contribution in [2.75, 3.05) is 6.54 Å². The molecule has 0 spiro atoms. The van der Waals surface area contributed by atoms with E-state index in [1.807, 2.05) is 24.7 Å². The first kappa shape index (κ1) is 13.2. The molecule has 96 valence electrons. The summed E-state index contributed by atoms with van der Waals surface area (Å²) in [5, 5.41) is 3.36. The summed E-state index contributed by atoms with van der Waals surface area (Å²) in [5.41, 5.74) is 0.986. The summed E-state index contributed by atoms with van der Waals surface area (Å²) in [6.07, 6.45) is 3.66. The highest BCUT2D eigenvalue weighted by Gasteiger charge is 2.18. The van der Waals surface area contributed by atoms with Crippen LogP contribution in [0.3, 0.4) is 0 Å². The molecule has 1 aromatic heterocycles. The van der Waals surface area contributed by atoms with Gasteiger partial charge in [0, 0.05) is 19.4 Å². The van der Waals surface area contributed by atoms with E-state index in [4.69, 9.17) is 0 Å². The van der Waals surface area contributed by atoms with Crippen LogP contribution in [0.5, 0.6) is 0 Å². The van der Waals surface area contributed by atoms with E-state index >= 15 is 0 Å². The standard InChI is InChI=1S/C13H15BrFN3/c1-3-16-12(13-17-6-7-18(13)2)9-4-5-11(15)10(14)8-9/h4-8,12,16H,3H2,1-2H3. The Hall–Kier alpha value is -1.20. The maximum Gasteiger partial charge on any atom is 0.137 e. The predicted molar refractivity (Wildman–Crippen MR) is 72.8 cm³/mol. The van der Waals surface area contributed by atoms with Gasteiger partial charge in [0.05, 0.1) is 10.5 Å². The van der Waals surface area contributed by atoms with Crippen LogP contribution in [0.15, 0.2) is 35.1 Å². The molecule has 1 heterocycles. The second kappa shape index (κ2) is 5.63. The molecule has 5 heteroatoms. The lowest BCUT2D eigenvalue weighted by Crippen LogP contribution is -2.24.